The first kappa shape index (κ1) is 7.09. The van der Waals surface area contributed by atoms with E-state index in [0.29, 0.717) is 0 Å². The summed E-state index contributed by atoms with van der Waals surface area (Å²) in [6.45, 7) is 0. The summed E-state index contributed by atoms with van der Waals surface area (Å²) < 4.78 is 1.03. The molecule has 0 bridgehead atoms. The van der Waals surface area contributed by atoms with Crippen LogP contribution in [0.1, 0.15) is 5.56 Å². The monoisotopic (exact) mass is 185 g/mol. The number of fused-ring (bicyclic) bond motifs is 1. The predicted molar refractivity (Wildman–Crippen MR) is 50.1 cm³/mol. The Kier molecular flexibility index (Phi) is 1.42. The summed E-state index contributed by atoms with van der Waals surface area (Å²) in [6.07, 6.45) is 1.93. The van der Waals surface area contributed by atoms with Gasteiger partial charge in [-0.1, -0.05) is 10.2 Å². The highest BCUT2D eigenvalue weighted by atomic mass is 32.3. The lowest BCUT2D eigenvalue weighted by atomic mass is 10.3. The molecule has 0 aromatic carbocycles. The van der Waals surface area contributed by atoms with E-state index >= 15 is 0 Å². The van der Waals surface area contributed by atoms with Gasteiger partial charge in [0.05, 0.1) is 4.21 Å². The van der Waals surface area contributed by atoms with E-state index in [1.165, 1.54) is 0 Å². The maximum atomic E-state index is 10.7. The molecule has 1 aromatic rings. The van der Waals surface area contributed by atoms with E-state index in [4.69, 9.17) is 5.14 Å². The molecule has 58 valence electrons. The van der Waals surface area contributed by atoms with Crippen molar-refractivity contribution in [1.82, 2.24) is 0 Å². The molecule has 0 fully saturated rings. The highest BCUT2D eigenvalue weighted by Gasteiger charge is 2.26. The van der Waals surface area contributed by atoms with E-state index in [1.54, 1.807) is 11.3 Å². The van der Waals surface area contributed by atoms with Crippen molar-refractivity contribution in [3.05, 3.63) is 22.4 Å². The lowest BCUT2D eigenvalue weighted by molar-refractivity contribution is 0.569. The van der Waals surface area contributed by atoms with Crippen LogP contribution in [0, 0.1) is 0 Å². The molecular weight excluding hydrogens is 178 g/mol. The summed E-state index contributed by atoms with van der Waals surface area (Å²) in [7, 11) is -1.70. The Morgan fingerprint density at radius 1 is 1.64 bits per heavy atom. The number of nitrogens with two attached hydrogens (primary N) is 1. The molecule has 11 heavy (non-hydrogen) atoms. The maximum absolute atomic E-state index is 10.7. The second-order valence-corrected chi connectivity index (χ2v) is 5.90. The molecule has 1 aliphatic rings. The summed E-state index contributed by atoms with van der Waals surface area (Å²) in [5.41, 5.74) is 1.98. The Morgan fingerprint density at radius 3 is 3.18 bits per heavy atom. The Labute approximate surface area is 70.2 Å². The van der Waals surface area contributed by atoms with Crippen molar-refractivity contribution in [2.75, 3.05) is 0 Å². The molecule has 2 N–H and O–H groups in total. The summed E-state index contributed by atoms with van der Waals surface area (Å²) in [6, 6.07) is 1.99. The van der Waals surface area contributed by atoms with E-state index in [9.17, 15) is 4.79 Å². The van der Waals surface area contributed by atoms with Crippen LogP contribution in [0.25, 0.3) is 6.08 Å². The predicted octanol–water partition coefficient (Wildman–Crippen LogP) is 1.96. The van der Waals surface area contributed by atoms with E-state index in [2.05, 4.69) is 0 Å². The zero-order valence-corrected chi connectivity index (χ0v) is 7.32. The molecule has 1 aromatic heterocycles. The van der Waals surface area contributed by atoms with Crippen molar-refractivity contribution in [1.29, 1.82) is 0 Å². The van der Waals surface area contributed by atoms with Crippen LogP contribution in [0.2, 0.25) is 0 Å². The molecule has 0 radical (unpaired) electrons. The van der Waals surface area contributed by atoms with Crippen LogP contribution in [0.5, 0.6) is 0 Å². The molecule has 2 rings (SSSR count). The fourth-order valence-electron chi connectivity index (χ4n) is 1.04. The Hall–Kier alpha value is -0.580. The molecule has 2 nitrogen and oxygen atoms in total. The molecule has 0 amide bonds. The van der Waals surface area contributed by atoms with Crippen LogP contribution in [0.15, 0.2) is 21.1 Å². The van der Waals surface area contributed by atoms with Gasteiger partial charge >= 0.3 is 0 Å². The van der Waals surface area contributed by atoms with Crippen LogP contribution < -0.4 is 5.14 Å². The molecule has 1 aliphatic heterocycles. The van der Waals surface area contributed by atoms with E-state index in [-0.39, 0.29) is 0 Å². The van der Waals surface area contributed by atoms with E-state index in [0.717, 1.165) is 15.4 Å². The fraction of sp³-hybridized carbons (Fsp3) is 0. The van der Waals surface area contributed by atoms with Gasteiger partial charge < -0.3 is 0 Å². The van der Waals surface area contributed by atoms with Gasteiger partial charge in [0.25, 0.3) is 0 Å². The third-order valence-electron chi connectivity index (χ3n) is 1.61. The molecule has 4 heteroatoms. The summed E-state index contributed by atoms with van der Waals surface area (Å²) in [4.78, 5) is 10.7. The molecule has 0 spiro atoms. The third-order valence-corrected chi connectivity index (χ3v) is 5.27. The van der Waals surface area contributed by atoms with Gasteiger partial charge in [-0.3, -0.25) is 9.93 Å². The lowest BCUT2D eigenvalue weighted by Gasteiger charge is -2.18. The van der Waals surface area contributed by atoms with Crippen LogP contribution >= 0.6 is 21.6 Å². The highest BCUT2D eigenvalue weighted by Crippen LogP contribution is 2.56. The molecule has 0 aliphatic carbocycles. The lowest BCUT2D eigenvalue weighted by Crippen LogP contribution is -2.05. The zero-order valence-electron chi connectivity index (χ0n) is 5.69. The van der Waals surface area contributed by atoms with Crippen molar-refractivity contribution in [3.63, 3.8) is 0 Å². The number of hydrogen-bond acceptors (Lipinski definition) is 3. The normalized spacial score (nSPS) is 32.8. The average Bonchev–Trinajstić information content (AvgIpc) is 2.55. The molecule has 0 saturated heterocycles. The van der Waals surface area contributed by atoms with Gasteiger partial charge in [-0.2, -0.15) is 0 Å². The SMILES string of the molecule is NS1(C=O)C=Cc2ccsc21. The first-order valence-electron chi connectivity index (χ1n) is 3.08. The maximum Gasteiger partial charge on any atom is 0.179 e. The van der Waals surface area contributed by atoms with Gasteiger partial charge in [-0.05, 0) is 28.5 Å². The Balaban J connectivity index is 2.62. The third kappa shape index (κ3) is 0.870. The van der Waals surface area contributed by atoms with E-state index in [1.807, 2.05) is 22.9 Å². The number of carbonyl (C=O) groups excluding carboxylic acids is 1. The molecule has 0 saturated carbocycles. The topological polar surface area (TPSA) is 43.1 Å². The minimum absolute atomic E-state index is 0.867. The van der Waals surface area contributed by atoms with Crippen LogP contribution in [0.3, 0.4) is 0 Å². The first-order valence-corrected chi connectivity index (χ1v) is 5.78. The number of rotatable bonds is 1. The molecule has 1 unspecified atom stereocenters. The largest absolute Gasteiger partial charge is 0.291 e. The van der Waals surface area contributed by atoms with Crippen molar-refractivity contribution < 1.29 is 4.79 Å². The van der Waals surface area contributed by atoms with E-state index < -0.39 is 10.2 Å². The molecule has 1 atom stereocenters. The highest BCUT2D eigenvalue weighted by molar-refractivity contribution is 8.45. The smallest absolute Gasteiger partial charge is 0.179 e. The van der Waals surface area contributed by atoms with Crippen molar-refractivity contribution in [2.24, 2.45) is 5.14 Å². The quantitative estimate of drug-likeness (QED) is 0.680. The average molecular weight is 185 g/mol. The fourth-order valence-corrected chi connectivity index (χ4v) is 3.96. The second-order valence-electron chi connectivity index (χ2n) is 2.32. The van der Waals surface area contributed by atoms with Crippen molar-refractivity contribution in [2.45, 2.75) is 4.21 Å². The summed E-state index contributed by atoms with van der Waals surface area (Å²) in [5, 5.41) is 9.64. The Morgan fingerprint density at radius 2 is 2.45 bits per heavy atom. The Bertz CT molecular complexity index is 331. The standard InChI is InChI=1S/C7H7NOS2/c8-11(5-9)4-2-6-1-3-10-7(6)11/h1-5H,8H2. The second kappa shape index (κ2) is 2.20. The summed E-state index contributed by atoms with van der Waals surface area (Å²) >= 11 is 1.56. The summed E-state index contributed by atoms with van der Waals surface area (Å²) in [5.74, 6) is 0. The van der Waals surface area contributed by atoms with Crippen molar-refractivity contribution >= 4 is 33.2 Å². The molecule has 2 heterocycles. The van der Waals surface area contributed by atoms with Gasteiger partial charge in [-0.25, -0.2) is 0 Å². The van der Waals surface area contributed by atoms with Gasteiger partial charge in [0, 0.05) is 0 Å². The zero-order chi connectivity index (χ0) is 7.90. The van der Waals surface area contributed by atoms with Gasteiger partial charge in [0.1, 0.15) is 0 Å². The van der Waals surface area contributed by atoms with Crippen LogP contribution in [-0.4, -0.2) is 5.62 Å². The van der Waals surface area contributed by atoms with Gasteiger partial charge in [0.2, 0.25) is 0 Å². The minimum atomic E-state index is -1.70. The number of hydrogen-bond donors (Lipinski definition) is 1. The number of thiophene rings is 1. The first-order chi connectivity index (χ1) is 5.26. The van der Waals surface area contributed by atoms with Crippen molar-refractivity contribution in [3.8, 4) is 0 Å². The number of carbonyl (C=O) groups is 1. The molecular formula is C7H7NOS2. The van der Waals surface area contributed by atoms with Gasteiger partial charge in [0.15, 0.2) is 5.62 Å². The van der Waals surface area contributed by atoms with Crippen LogP contribution in [0.4, 0.5) is 0 Å². The van der Waals surface area contributed by atoms with Crippen LogP contribution in [-0.2, 0) is 4.79 Å². The van der Waals surface area contributed by atoms with Gasteiger partial charge in [-0.15, -0.1) is 11.3 Å². The minimum Gasteiger partial charge on any atom is -0.291 e.